The highest BCUT2D eigenvalue weighted by molar-refractivity contribution is 5.78. The van der Waals surface area contributed by atoms with Crippen molar-refractivity contribution in [3.8, 4) is 0 Å². The summed E-state index contributed by atoms with van der Waals surface area (Å²) in [5, 5.41) is 10.5. The van der Waals surface area contributed by atoms with Gasteiger partial charge in [-0.05, 0) is 36.5 Å². The maximum absolute atomic E-state index is 11.4. The quantitative estimate of drug-likeness (QED) is 0.793. The third kappa shape index (κ3) is 2.17. The monoisotopic (exact) mass is 297 g/mol. The molecular weight excluding hydrogens is 278 g/mol. The predicted molar refractivity (Wildman–Crippen MR) is 83.0 cm³/mol. The summed E-state index contributed by atoms with van der Waals surface area (Å²) in [5.74, 6) is -0.691. The summed E-state index contributed by atoms with van der Waals surface area (Å²) < 4.78 is 0. The highest BCUT2D eigenvalue weighted by Crippen LogP contribution is 2.40. The summed E-state index contributed by atoms with van der Waals surface area (Å²) in [6.45, 7) is 0. The van der Waals surface area contributed by atoms with Crippen molar-refractivity contribution in [1.82, 2.24) is 15.8 Å². The number of benzene rings is 1. The topological polar surface area (TPSA) is 74.2 Å². The maximum atomic E-state index is 11.4. The van der Waals surface area contributed by atoms with E-state index < -0.39 is 5.97 Å². The number of carboxylic acid groups (broad SMARTS) is 1. The zero-order chi connectivity index (χ0) is 15.1. The minimum Gasteiger partial charge on any atom is -0.481 e. The minimum atomic E-state index is -0.693. The number of aromatic nitrogens is 1. The molecule has 22 heavy (non-hydrogen) atoms. The molecule has 1 aromatic carbocycles. The van der Waals surface area contributed by atoms with Crippen molar-refractivity contribution in [2.24, 2.45) is 11.8 Å². The lowest BCUT2D eigenvalue weighted by atomic mass is 9.74. The van der Waals surface area contributed by atoms with Crippen LogP contribution in [0.5, 0.6) is 0 Å². The van der Waals surface area contributed by atoms with Crippen LogP contribution in [0.4, 0.5) is 0 Å². The molecule has 1 saturated heterocycles. The van der Waals surface area contributed by atoms with E-state index in [1.54, 1.807) is 0 Å². The molecule has 2 fully saturated rings. The average Bonchev–Trinajstić information content (AvgIpc) is 2.98. The van der Waals surface area contributed by atoms with Crippen LogP contribution < -0.4 is 10.9 Å². The second-order valence-electron chi connectivity index (χ2n) is 6.29. The Bertz CT molecular complexity index is 718. The van der Waals surface area contributed by atoms with Crippen LogP contribution in [0.15, 0.2) is 36.5 Å². The summed E-state index contributed by atoms with van der Waals surface area (Å²) >= 11 is 0. The zero-order valence-electron chi connectivity index (χ0n) is 12.2. The van der Waals surface area contributed by atoms with Gasteiger partial charge in [0.15, 0.2) is 0 Å². The number of hydrogen-bond donors (Lipinski definition) is 3. The number of rotatable bonds is 2. The van der Waals surface area contributed by atoms with E-state index in [1.807, 2.05) is 24.4 Å². The number of hydrazine groups is 1. The van der Waals surface area contributed by atoms with E-state index in [4.69, 9.17) is 0 Å². The molecule has 4 unspecified atom stereocenters. The van der Waals surface area contributed by atoms with Gasteiger partial charge in [0.2, 0.25) is 0 Å². The molecule has 114 valence electrons. The van der Waals surface area contributed by atoms with Gasteiger partial charge in [0.1, 0.15) is 0 Å². The van der Waals surface area contributed by atoms with Gasteiger partial charge in [-0.15, -0.1) is 0 Å². The second-order valence-corrected chi connectivity index (χ2v) is 6.29. The Labute approximate surface area is 128 Å². The Kier molecular flexibility index (Phi) is 3.32. The number of aliphatic carboxylic acids is 1. The number of pyridine rings is 1. The van der Waals surface area contributed by atoms with Gasteiger partial charge in [0.25, 0.3) is 0 Å². The minimum absolute atomic E-state index is 0.00252. The Balaban J connectivity index is 1.66. The number of carboxylic acids is 1. The molecule has 2 aliphatic rings. The molecular formula is C17H19N3O2. The third-order valence-corrected chi connectivity index (χ3v) is 5.07. The van der Waals surface area contributed by atoms with Gasteiger partial charge in [-0.3, -0.25) is 15.2 Å². The molecule has 5 heteroatoms. The first-order chi connectivity index (χ1) is 10.7. The summed E-state index contributed by atoms with van der Waals surface area (Å²) in [4.78, 5) is 16.0. The van der Waals surface area contributed by atoms with Gasteiger partial charge in [0, 0.05) is 17.6 Å². The zero-order valence-corrected chi connectivity index (χ0v) is 12.2. The molecule has 2 aromatic rings. The van der Waals surface area contributed by atoms with Crippen LogP contribution in [-0.4, -0.2) is 22.1 Å². The second kappa shape index (κ2) is 5.34. The number of para-hydroxylation sites is 1. The smallest absolute Gasteiger partial charge is 0.308 e. The van der Waals surface area contributed by atoms with Crippen molar-refractivity contribution >= 4 is 16.9 Å². The first-order valence-electron chi connectivity index (χ1n) is 7.82. The highest BCUT2D eigenvalue weighted by Gasteiger charge is 2.45. The number of nitrogens with one attached hydrogen (secondary N) is 2. The molecule has 5 nitrogen and oxygen atoms in total. The molecule has 4 rings (SSSR count). The van der Waals surface area contributed by atoms with Crippen molar-refractivity contribution in [1.29, 1.82) is 0 Å². The fourth-order valence-corrected chi connectivity index (χ4v) is 3.97. The van der Waals surface area contributed by atoms with E-state index in [1.165, 1.54) is 0 Å². The van der Waals surface area contributed by atoms with Gasteiger partial charge in [-0.1, -0.05) is 24.6 Å². The number of hydrogen-bond acceptors (Lipinski definition) is 4. The van der Waals surface area contributed by atoms with E-state index in [-0.39, 0.29) is 18.0 Å². The van der Waals surface area contributed by atoms with Gasteiger partial charge in [0.05, 0.1) is 17.5 Å². The van der Waals surface area contributed by atoms with Crippen molar-refractivity contribution in [3.05, 3.63) is 42.1 Å². The SMILES string of the molecule is O=C(O)C1CCCC2C(c3cnc4ccccc4c3)NNC12. The van der Waals surface area contributed by atoms with E-state index >= 15 is 0 Å². The molecule has 1 aromatic heterocycles. The normalized spacial score (nSPS) is 31.1. The molecule has 4 atom stereocenters. The molecule has 2 heterocycles. The van der Waals surface area contributed by atoms with E-state index in [0.29, 0.717) is 5.92 Å². The molecule has 1 aliphatic heterocycles. The van der Waals surface area contributed by atoms with Crippen molar-refractivity contribution in [2.75, 3.05) is 0 Å². The molecule has 1 aliphatic carbocycles. The summed E-state index contributed by atoms with van der Waals surface area (Å²) in [5.41, 5.74) is 8.66. The lowest BCUT2D eigenvalue weighted by Crippen LogP contribution is -2.43. The van der Waals surface area contributed by atoms with Crippen molar-refractivity contribution in [3.63, 3.8) is 0 Å². The standard InChI is InChI=1S/C17H19N3O2/c21-17(22)13-6-3-5-12-15(19-20-16(12)13)11-8-10-4-1-2-7-14(10)18-9-11/h1-2,4,7-9,12-13,15-16,19-20H,3,5-6H2,(H,21,22). The van der Waals surface area contributed by atoms with E-state index in [2.05, 4.69) is 28.0 Å². The van der Waals surface area contributed by atoms with Crippen LogP contribution in [0.2, 0.25) is 0 Å². The summed E-state index contributed by atoms with van der Waals surface area (Å²) in [6.07, 6.45) is 4.69. The first kappa shape index (κ1) is 13.7. The van der Waals surface area contributed by atoms with Crippen LogP contribution in [-0.2, 0) is 4.79 Å². The van der Waals surface area contributed by atoms with Crippen LogP contribution in [0, 0.1) is 11.8 Å². The van der Waals surface area contributed by atoms with Crippen LogP contribution in [0.25, 0.3) is 10.9 Å². The predicted octanol–water partition coefficient (Wildman–Crippen LogP) is 2.25. The number of nitrogens with zero attached hydrogens (tertiary/aromatic N) is 1. The van der Waals surface area contributed by atoms with Crippen LogP contribution >= 0.6 is 0 Å². The van der Waals surface area contributed by atoms with Crippen LogP contribution in [0.1, 0.15) is 30.9 Å². The first-order valence-corrected chi connectivity index (χ1v) is 7.82. The highest BCUT2D eigenvalue weighted by atomic mass is 16.4. The Morgan fingerprint density at radius 3 is 2.95 bits per heavy atom. The average molecular weight is 297 g/mol. The molecule has 0 spiro atoms. The van der Waals surface area contributed by atoms with Crippen molar-refractivity contribution in [2.45, 2.75) is 31.3 Å². The fourth-order valence-electron chi connectivity index (χ4n) is 3.97. The molecule has 0 radical (unpaired) electrons. The van der Waals surface area contributed by atoms with Crippen molar-refractivity contribution < 1.29 is 9.90 Å². The van der Waals surface area contributed by atoms with Gasteiger partial charge >= 0.3 is 5.97 Å². The van der Waals surface area contributed by atoms with E-state index in [0.717, 1.165) is 35.7 Å². The lowest BCUT2D eigenvalue weighted by molar-refractivity contribution is -0.144. The van der Waals surface area contributed by atoms with E-state index in [9.17, 15) is 9.90 Å². The Morgan fingerprint density at radius 2 is 2.09 bits per heavy atom. The Hall–Kier alpha value is -1.98. The van der Waals surface area contributed by atoms with Crippen LogP contribution in [0.3, 0.4) is 0 Å². The fraction of sp³-hybridized carbons (Fsp3) is 0.412. The van der Waals surface area contributed by atoms with Gasteiger partial charge < -0.3 is 5.11 Å². The summed E-state index contributed by atoms with van der Waals surface area (Å²) in [7, 11) is 0. The van der Waals surface area contributed by atoms with Gasteiger partial charge in [-0.2, -0.15) is 0 Å². The van der Waals surface area contributed by atoms with Gasteiger partial charge in [-0.25, -0.2) is 5.43 Å². The summed E-state index contributed by atoms with van der Waals surface area (Å²) in [6, 6.07) is 10.4. The molecule has 3 N–H and O–H groups in total. The molecule has 0 bridgehead atoms. The third-order valence-electron chi connectivity index (χ3n) is 5.07. The molecule has 0 amide bonds. The lowest BCUT2D eigenvalue weighted by Gasteiger charge is -2.32. The Morgan fingerprint density at radius 1 is 1.23 bits per heavy atom. The number of carbonyl (C=O) groups is 1. The number of fused-ring (bicyclic) bond motifs is 2. The maximum Gasteiger partial charge on any atom is 0.308 e. The molecule has 1 saturated carbocycles. The largest absolute Gasteiger partial charge is 0.481 e.